The number of nitrogens with two attached hydrogens (primary N) is 1. The van der Waals surface area contributed by atoms with E-state index in [0.29, 0.717) is 23.0 Å². The van der Waals surface area contributed by atoms with Crippen LogP contribution in [-0.4, -0.2) is 29.1 Å². The Kier molecular flexibility index (Phi) is 2.99. The molecule has 7 nitrogen and oxygen atoms in total. The maximum atomic E-state index is 11.3. The largest absolute Gasteiger partial charge is 0.396 e. The molecule has 21 heavy (non-hydrogen) atoms. The highest BCUT2D eigenvalue weighted by Crippen LogP contribution is 2.42. The van der Waals surface area contributed by atoms with Crippen LogP contribution in [0.1, 0.15) is 21.8 Å². The van der Waals surface area contributed by atoms with Crippen LogP contribution < -0.4 is 11.1 Å². The molecule has 0 aromatic heterocycles. The van der Waals surface area contributed by atoms with E-state index in [2.05, 4.69) is 5.32 Å². The average molecular weight is 287 g/mol. The normalized spacial score (nSPS) is 16.5. The number of aliphatic hydroxyl groups excluding tert-OH is 1. The summed E-state index contributed by atoms with van der Waals surface area (Å²) in [6, 6.07) is 6.07. The molecule has 1 aliphatic rings. The van der Waals surface area contributed by atoms with Crippen LogP contribution >= 0.6 is 0 Å². The van der Waals surface area contributed by atoms with Gasteiger partial charge in [-0.25, -0.2) is 0 Å². The zero-order valence-electron chi connectivity index (χ0n) is 11.0. The van der Waals surface area contributed by atoms with Crippen LogP contribution in [0.15, 0.2) is 24.3 Å². The summed E-state index contributed by atoms with van der Waals surface area (Å²) in [6.07, 6.45) is 0. The Morgan fingerprint density at radius 1 is 1.43 bits per heavy atom. The Morgan fingerprint density at radius 2 is 2.19 bits per heavy atom. The fraction of sp³-hybridized carbons (Fsp3) is 0.214. The standard InChI is InChI=1S/C14H13N3O4/c15-14(19)7-1-2-9-10(3-7)12(17(20)21)4-11-13(9)8(6-18)5-16-11/h1-4,8,16,18H,5-6H2,(H2,15,19). The van der Waals surface area contributed by atoms with E-state index in [1.54, 1.807) is 12.1 Å². The summed E-state index contributed by atoms with van der Waals surface area (Å²) >= 11 is 0. The molecule has 0 saturated heterocycles. The van der Waals surface area contributed by atoms with Gasteiger partial charge in [0.05, 0.1) is 16.9 Å². The lowest BCUT2D eigenvalue weighted by Gasteiger charge is -2.11. The van der Waals surface area contributed by atoms with Gasteiger partial charge >= 0.3 is 0 Å². The third kappa shape index (κ3) is 1.98. The molecule has 2 aromatic rings. The van der Waals surface area contributed by atoms with Crippen LogP contribution in [0.3, 0.4) is 0 Å². The smallest absolute Gasteiger partial charge is 0.279 e. The summed E-state index contributed by atoms with van der Waals surface area (Å²) in [5.41, 5.74) is 6.86. The molecule has 0 spiro atoms. The first kappa shape index (κ1) is 13.3. The number of nitro groups is 1. The Bertz CT molecular complexity index is 772. The zero-order valence-corrected chi connectivity index (χ0v) is 11.0. The van der Waals surface area contributed by atoms with Crippen LogP contribution in [0.2, 0.25) is 0 Å². The number of non-ortho nitro benzene ring substituents is 1. The molecule has 1 heterocycles. The predicted octanol–water partition coefficient (Wildman–Crippen LogP) is 1.35. The number of hydrogen-bond donors (Lipinski definition) is 3. The van der Waals surface area contributed by atoms with Gasteiger partial charge in [0.2, 0.25) is 5.91 Å². The number of nitrogens with zero attached hydrogens (tertiary/aromatic N) is 1. The highest BCUT2D eigenvalue weighted by atomic mass is 16.6. The van der Waals surface area contributed by atoms with E-state index < -0.39 is 10.8 Å². The molecule has 108 valence electrons. The summed E-state index contributed by atoms with van der Waals surface area (Å²) in [6.45, 7) is 0.476. The molecule has 1 aliphatic heterocycles. The number of fused-ring (bicyclic) bond motifs is 3. The number of carbonyl (C=O) groups is 1. The first-order valence-corrected chi connectivity index (χ1v) is 6.42. The summed E-state index contributed by atoms with van der Waals surface area (Å²) < 4.78 is 0. The summed E-state index contributed by atoms with van der Waals surface area (Å²) in [4.78, 5) is 22.1. The molecule has 0 bridgehead atoms. The van der Waals surface area contributed by atoms with Crippen molar-refractivity contribution in [3.8, 4) is 0 Å². The Balaban J connectivity index is 2.37. The van der Waals surface area contributed by atoms with Gasteiger partial charge in [-0.1, -0.05) is 6.07 Å². The molecule has 0 radical (unpaired) electrons. The van der Waals surface area contributed by atoms with Gasteiger partial charge in [0.1, 0.15) is 0 Å². The van der Waals surface area contributed by atoms with Crippen molar-refractivity contribution in [1.82, 2.24) is 0 Å². The van der Waals surface area contributed by atoms with E-state index in [1.165, 1.54) is 12.1 Å². The number of amides is 1. The molecule has 2 aromatic carbocycles. The van der Waals surface area contributed by atoms with Gasteiger partial charge in [-0.3, -0.25) is 14.9 Å². The van der Waals surface area contributed by atoms with Crippen LogP contribution in [0.25, 0.3) is 10.8 Å². The molecular weight excluding hydrogens is 274 g/mol. The summed E-state index contributed by atoms with van der Waals surface area (Å²) in [7, 11) is 0. The topological polar surface area (TPSA) is 118 Å². The number of hydrogen-bond acceptors (Lipinski definition) is 5. The van der Waals surface area contributed by atoms with Crippen molar-refractivity contribution in [2.45, 2.75) is 5.92 Å². The number of anilines is 1. The number of benzene rings is 2. The van der Waals surface area contributed by atoms with E-state index in [-0.39, 0.29) is 23.8 Å². The highest BCUT2D eigenvalue weighted by molar-refractivity contribution is 6.03. The molecular formula is C14H13N3O4. The van der Waals surface area contributed by atoms with Crippen LogP contribution in [0.5, 0.6) is 0 Å². The molecule has 3 rings (SSSR count). The monoisotopic (exact) mass is 287 g/mol. The highest BCUT2D eigenvalue weighted by Gasteiger charge is 2.28. The van der Waals surface area contributed by atoms with E-state index >= 15 is 0 Å². The van der Waals surface area contributed by atoms with Crippen LogP contribution in [0, 0.1) is 10.1 Å². The molecule has 0 fully saturated rings. The van der Waals surface area contributed by atoms with Gasteiger partial charge in [0.25, 0.3) is 5.69 Å². The van der Waals surface area contributed by atoms with Crippen molar-refractivity contribution < 1.29 is 14.8 Å². The second-order valence-corrected chi connectivity index (χ2v) is 5.00. The lowest BCUT2D eigenvalue weighted by Crippen LogP contribution is -2.11. The number of aliphatic hydroxyl groups is 1. The Morgan fingerprint density at radius 3 is 2.81 bits per heavy atom. The summed E-state index contributed by atoms with van der Waals surface area (Å²) in [5.74, 6) is -0.758. The molecule has 7 heteroatoms. The van der Waals surface area contributed by atoms with Crippen molar-refractivity contribution in [3.63, 3.8) is 0 Å². The van der Waals surface area contributed by atoms with Crippen LogP contribution in [0.4, 0.5) is 11.4 Å². The lowest BCUT2D eigenvalue weighted by atomic mass is 9.93. The maximum absolute atomic E-state index is 11.3. The molecule has 0 aliphatic carbocycles. The van der Waals surface area contributed by atoms with Crippen molar-refractivity contribution in [3.05, 3.63) is 45.5 Å². The third-order valence-electron chi connectivity index (χ3n) is 3.81. The third-order valence-corrected chi connectivity index (χ3v) is 3.81. The van der Waals surface area contributed by atoms with Gasteiger partial charge < -0.3 is 16.2 Å². The first-order valence-electron chi connectivity index (χ1n) is 6.42. The SMILES string of the molecule is NC(=O)c1ccc2c3c(cc([N+](=O)[O-])c2c1)NCC3CO. The number of primary amides is 1. The number of nitrogens with one attached hydrogen (secondary N) is 1. The fourth-order valence-corrected chi connectivity index (χ4v) is 2.81. The molecule has 1 amide bonds. The molecule has 1 unspecified atom stereocenters. The van der Waals surface area contributed by atoms with Crippen LogP contribution in [-0.2, 0) is 0 Å². The summed E-state index contributed by atoms with van der Waals surface area (Å²) in [5, 5.41) is 24.8. The second kappa shape index (κ2) is 4.71. The second-order valence-electron chi connectivity index (χ2n) is 5.00. The van der Waals surface area contributed by atoms with Crippen molar-refractivity contribution >= 4 is 28.1 Å². The van der Waals surface area contributed by atoms with E-state index in [1.807, 2.05) is 0 Å². The van der Waals surface area contributed by atoms with Crippen molar-refractivity contribution in [2.75, 3.05) is 18.5 Å². The minimum Gasteiger partial charge on any atom is -0.396 e. The minimum absolute atomic E-state index is 0.0511. The van der Waals surface area contributed by atoms with Gasteiger partial charge in [-0.2, -0.15) is 0 Å². The Hall–Kier alpha value is -2.67. The zero-order chi connectivity index (χ0) is 15.1. The molecule has 1 atom stereocenters. The average Bonchev–Trinajstić information content (AvgIpc) is 2.88. The minimum atomic E-state index is -0.636. The van der Waals surface area contributed by atoms with E-state index in [0.717, 1.165) is 5.56 Å². The quantitative estimate of drug-likeness (QED) is 0.581. The van der Waals surface area contributed by atoms with Gasteiger partial charge in [0, 0.05) is 29.8 Å². The molecule has 4 N–H and O–H groups in total. The Labute approximate surface area is 119 Å². The number of carbonyl (C=O) groups excluding carboxylic acids is 1. The van der Waals surface area contributed by atoms with E-state index in [4.69, 9.17) is 5.73 Å². The number of rotatable bonds is 3. The molecule has 0 saturated carbocycles. The predicted molar refractivity (Wildman–Crippen MR) is 77.4 cm³/mol. The fourth-order valence-electron chi connectivity index (χ4n) is 2.81. The van der Waals surface area contributed by atoms with Gasteiger partial charge in [-0.15, -0.1) is 0 Å². The first-order chi connectivity index (χ1) is 10.0. The van der Waals surface area contributed by atoms with E-state index in [9.17, 15) is 20.0 Å². The van der Waals surface area contributed by atoms with Gasteiger partial charge in [0.15, 0.2) is 0 Å². The lowest BCUT2D eigenvalue weighted by molar-refractivity contribution is -0.383. The number of nitro benzene ring substituents is 1. The van der Waals surface area contributed by atoms with Crippen molar-refractivity contribution in [2.24, 2.45) is 5.73 Å². The maximum Gasteiger partial charge on any atom is 0.279 e. The van der Waals surface area contributed by atoms with Gasteiger partial charge in [-0.05, 0) is 23.1 Å². The van der Waals surface area contributed by atoms with Crippen molar-refractivity contribution in [1.29, 1.82) is 0 Å².